The van der Waals surface area contributed by atoms with Crippen molar-refractivity contribution in [2.45, 2.75) is 18.9 Å². The van der Waals surface area contributed by atoms with E-state index in [1.165, 1.54) is 6.07 Å². The maximum Gasteiger partial charge on any atom is 0.334 e. The highest BCUT2D eigenvalue weighted by Crippen LogP contribution is 2.27. The van der Waals surface area contributed by atoms with Gasteiger partial charge >= 0.3 is 5.97 Å². The third-order valence-electron chi connectivity index (χ3n) is 2.52. The Morgan fingerprint density at radius 1 is 1.62 bits per heavy atom. The van der Waals surface area contributed by atoms with Crippen LogP contribution in [0.3, 0.4) is 0 Å². The van der Waals surface area contributed by atoms with Gasteiger partial charge in [0.15, 0.2) is 5.54 Å². The standard InChI is InChI=1S/C11H12ClNO3/c1-2-11(10(15)16,13-7-14)8-4-3-5-9(12)6-8/h3-7H,2H2,1H3,(H,13,14)(H,15,16). The van der Waals surface area contributed by atoms with Gasteiger partial charge < -0.3 is 10.4 Å². The van der Waals surface area contributed by atoms with Crippen molar-refractivity contribution in [1.29, 1.82) is 0 Å². The number of carbonyl (C=O) groups is 2. The minimum Gasteiger partial charge on any atom is -0.479 e. The third-order valence-corrected chi connectivity index (χ3v) is 2.75. The summed E-state index contributed by atoms with van der Waals surface area (Å²) < 4.78 is 0. The number of halogens is 1. The second kappa shape index (κ2) is 4.99. The number of hydrogen-bond acceptors (Lipinski definition) is 2. The molecule has 1 aromatic carbocycles. The number of nitrogens with one attached hydrogen (secondary N) is 1. The number of benzene rings is 1. The van der Waals surface area contributed by atoms with Crippen LogP contribution in [0.25, 0.3) is 0 Å². The summed E-state index contributed by atoms with van der Waals surface area (Å²) in [7, 11) is 0. The highest BCUT2D eigenvalue weighted by molar-refractivity contribution is 6.30. The highest BCUT2D eigenvalue weighted by atomic mass is 35.5. The molecule has 0 heterocycles. The predicted molar refractivity (Wildman–Crippen MR) is 60.3 cm³/mol. The first-order valence-corrected chi connectivity index (χ1v) is 5.15. The normalized spacial score (nSPS) is 13.9. The van der Waals surface area contributed by atoms with Gasteiger partial charge in [0.2, 0.25) is 6.41 Å². The second-order valence-electron chi connectivity index (χ2n) is 3.34. The van der Waals surface area contributed by atoms with E-state index in [-0.39, 0.29) is 6.42 Å². The van der Waals surface area contributed by atoms with Crippen molar-refractivity contribution in [1.82, 2.24) is 5.32 Å². The van der Waals surface area contributed by atoms with Gasteiger partial charge in [-0.1, -0.05) is 30.7 Å². The van der Waals surface area contributed by atoms with Crippen LogP contribution in [0.15, 0.2) is 24.3 Å². The van der Waals surface area contributed by atoms with Crippen molar-refractivity contribution in [3.63, 3.8) is 0 Å². The molecule has 0 saturated carbocycles. The van der Waals surface area contributed by atoms with Crippen LogP contribution >= 0.6 is 11.6 Å². The molecule has 0 saturated heterocycles. The smallest absolute Gasteiger partial charge is 0.334 e. The van der Waals surface area contributed by atoms with Gasteiger partial charge in [-0.2, -0.15) is 0 Å². The summed E-state index contributed by atoms with van der Waals surface area (Å²) in [6.45, 7) is 1.69. The summed E-state index contributed by atoms with van der Waals surface area (Å²) in [6.07, 6.45) is 0.625. The van der Waals surface area contributed by atoms with Crippen LogP contribution in [0.5, 0.6) is 0 Å². The minimum atomic E-state index is -1.41. The largest absolute Gasteiger partial charge is 0.479 e. The molecule has 0 aliphatic rings. The fraction of sp³-hybridized carbons (Fsp3) is 0.273. The van der Waals surface area contributed by atoms with E-state index in [4.69, 9.17) is 11.6 Å². The van der Waals surface area contributed by atoms with Crippen molar-refractivity contribution in [2.24, 2.45) is 0 Å². The Bertz CT molecular complexity index is 408. The van der Waals surface area contributed by atoms with Crippen molar-refractivity contribution in [2.75, 3.05) is 0 Å². The Kier molecular flexibility index (Phi) is 3.90. The predicted octanol–water partition coefficient (Wildman–Crippen LogP) is 1.78. The van der Waals surface area contributed by atoms with Crippen molar-refractivity contribution in [3.05, 3.63) is 34.9 Å². The van der Waals surface area contributed by atoms with Gasteiger partial charge in [0.05, 0.1) is 0 Å². The van der Waals surface area contributed by atoms with E-state index in [2.05, 4.69) is 5.32 Å². The van der Waals surface area contributed by atoms with Crippen LogP contribution in [0.2, 0.25) is 5.02 Å². The molecule has 4 nitrogen and oxygen atoms in total. The lowest BCUT2D eigenvalue weighted by Gasteiger charge is -2.28. The van der Waals surface area contributed by atoms with E-state index in [0.717, 1.165) is 0 Å². The molecule has 0 aliphatic heterocycles. The quantitative estimate of drug-likeness (QED) is 0.773. The van der Waals surface area contributed by atoms with Crippen LogP contribution in [-0.2, 0) is 15.1 Å². The summed E-state index contributed by atoms with van der Waals surface area (Å²) in [5, 5.41) is 12.0. The summed E-state index contributed by atoms with van der Waals surface area (Å²) in [5.41, 5.74) is -0.950. The lowest BCUT2D eigenvalue weighted by atomic mass is 9.87. The zero-order valence-electron chi connectivity index (χ0n) is 8.74. The number of carboxylic acids is 1. The molecule has 1 aromatic rings. The molecule has 0 bridgehead atoms. The van der Waals surface area contributed by atoms with Gasteiger partial charge in [-0.3, -0.25) is 4.79 Å². The molecule has 86 valence electrons. The Morgan fingerprint density at radius 3 is 2.75 bits per heavy atom. The lowest BCUT2D eigenvalue weighted by molar-refractivity contribution is -0.147. The van der Waals surface area contributed by atoms with Crippen molar-refractivity contribution >= 4 is 24.0 Å². The Morgan fingerprint density at radius 2 is 2.31 bits per heavy atom. The first-order valence-electron chi connectivity index (χ1n) is 4.77. The topological polar surface area (TPSA) is 66.4 Å². The average Bonchev–Trinajstić information content (AvgIpc) is 2.25. The molecule has 0 fully saturated rings. The van der Waals surface area contributed by atoms with E-state index in [9.17, 15) is 14.7 Å². The number of carboxylic acid groups (broad SMARTS) is 1. The molecule has 16 heavy (non-hydrogen) atoms. The Balaban J connectivity index is 3.29. The minimum absolute atomic E-state index is 0.238. The molecular weight excluding hydrogens is 230 g/mol. The maximum absolute atomic E-state index is 11.3. The van der Waals surface area contributed by atoms with Gasteiger partial charge in [0.1, 0.15) is 0 Å². The molecule has 0 spiro atoms. The molecular formula is C11H12ClNO3. The number of hydrogen-bond donors (Lipinski definition) is 2. The first kappa shape index (κ1) is 12.5. The van der Waals surface area contributed by atoms with Gasteiger partial charge in [-0.25, -0.2) is 4.79 Å². The summed E-state index contributed by atoms with van der Waals surface area (Å²) in [6, 6.07) is 6.46. The molecule has 0 aromatic heterocycles. The summed E-state index contributed by atoms with van der Waals surface area (Å²) in [5.74, 6) is -1.11. The van der Waals surface area contributed by atoms with E-state index in [0.29, 0.717) is 17.0 Å². The first-order chi connectivity index (χ1) is 7.56. The monoisotopic (exact) mass is 241 g/mol. The molecule has 1 atom stereocenters. The zero-order valence-corrected chi connectivity index (χ0v) is 9.49. The Hall–Kier alpha value is -1.55. The van der Waals surface area contributed by atoms with Crippen LogP contribution in [-0.4, -0.2) is 17.5 Å². The zero-order chi connectivity index (χ0) is 12.2. The second-order valence-corrected chi connectivity index (χ2v) is 3.77. The fourth-order valence-corrected chi connectivity index (χ4v) is 1.77. The van der Waals surface area contributed by atoms with Gasteiger partial charge in [0, 0.05) is 5.02 Å². The van der Waals surface area contributed by atoms with Gasteiger partial charge in [-0.15, -0.1) is 0 Å². The van der Waals surface area contributed by atoms with Crippen LogP contribution in [0.1, 0.15) is 18.9 Å². The number of amides is 1. The SMILES string of the molecule is CCC(NC=O)(C(=O)O)c1cccc(Cl)c1. The summed E-state index contributed by atoms with van der Waals surface area (Å²) in [4.78, 5) is 21.8. The third kappa shape index (κ3) is 2.17. The molecule has 0 radical (unpaired) electrons. The highest BCUT2D eigenvalue weighted by Gasteiger charge is 2.38. The van der Waals surface area contributed by atoms with Crippen molar-refractivity contribution < 1.29 is 14.7 Å². The van der Waals surface area contributed by atoms with Gasteiger partial charge in [-0.05, 0) is 24.1 Å². The number of rotatable bonds is 5. The van der Waals surface area contributed by atoms with Gasteiger partial charge in [0.25, 0.3) is 0 Å². The van der Waals surface area contributed by atoms with E-state index >= 15 is 0 Å². The van der Waals surface area contributed by atoms with E-state index in [1.807, 2.05) is 0 Å². The molecule has 0 aliphatic carbocycles. The molecule has 1 unspecified atom stereocenters. The molecule has 5 heteroatoms. The maximum atomic E-state index is 11.3. The summed E-state index contributed by atoms with van der Waals surface area (Å²) >= 11 is 5.80. The number of aliphatic carboxylic acids is 1. The van der Waals surface area contributed by atoms with Crippen LogP contribution in [0, 0.1) is 0 Å². The molecule has 1 rings (SSSR count). The molecule has 1 amide bonds. The Labute approximate surface area is 98.2 Å². The average molecular weight is 242 g/mol. The van der Waals surface area contributed by atoms with Crippen LogP contribution < -0.4 is 5.32 Å². The molecule has 2 N–H and O–H groups in total. The number of carbonyl (C=O) groups excluding carboxylic acids is 1. The van der Waals surface area contributed by atoms with E-state index < -0.39 is 11.5 Å². The lowest BCUT2D eigenvalue weighted by Crippen LogP contribution is -2.48. The van der Waals surface area contributed by atoms with Crippen molar-refractivity contribution in [3.8, 4) is 0 Å². The fourth-order valence-electron chi connectivity index (χ4n) is 1.58. The van der Waals surface area contributed by atoms with E-state index in [1.54, 1.807) is 25.1 Å². The van der Waals surface area contributed by atoms with Crippen LogP contribution in [0.4, 0.5) is 0 Å².